The van der Waals surface area contributed by atoms with Crippen molar-refractivity contribution < 1.29 is 24.5 Å². The molecule has 5 nitrogen and oxygen atoms in total. The lowest BCUT2D eigenvalue weighted by molar-refractivity contribution is -0.107. The molecule has 0 saturated carbocycles. The van der Waals surface area contributed by atoms with E-state index in [0.29, 0.717) is 5.75 Å². The molecule has 0 atom stereocenters. The van der Waals surface area contributed by atoms with E-state index in [1.807, 2.05) is 18.2 Å². The van der Waals surface area contributed by atoms with E-state index in [1.54, 1.807) is 39.8 Å². The molecule has 0 aromatic heterocycles. The maximum atomic E-state index is 9.10. The molecule has 0 aliphatic carbocycles. The second-order valence-electron chi connectivity index (χ2n) is 5.13. The zero-order valence-electron chi connectivity index (χ0n) is 12.2. The monoisotopic (exact) mass is 348 g/mol. The molecule has 3 N–H and O–H groups in total. The van der Waals surface area contributed by atoms with Crippen LogP contribution in [0.25, 0.3) is 0 Å². The average molecular weight is 349 g/mol. The van der Waals surface area contributed by atoms with Gasteiger partial charge in [0.25, 0.3) is 0 Å². The van der Waals surface area contributed by atoms with Gasteiger partial charge in [-0.15, -0.1) is 0 Å². The van der Waals surface area contributed by atoms with E-state index >= 15 is 0 Å². The third-order valence-corrected chi connectivity index (χ3v) is 2.95. The predicted octanol–water partition coefficient (Wildman–Crippen LogP) is 1.94. The first-order valence-electron chi connectivity index (χ1n) is 6.10. The van der Waals surface area contributed by atoms with Crippen LogP contribution in [0.5, 0.6) is 5.75 Å². The lowest BCUT2D eigenvalue weighted by atomic mass is 9.90. The Hall–Kier alpha value is -0.595. The van der Waals surface area contributed by atoms with E-state index in [1.165, 1.54) is 0 Å². The van der Waals surface area contributed by atoms with E-state index in [4.69, 9.17) is 24.5 Å². The van der Waals surface area contributed by atoms with Gasteiger partial charge in [-0.25, -0.2) is 0 Å². The molecular weight excluding hydrogens is 327 g/mol. The molecule has 1 rings (SSSR count). The quantitative estimate of drug-likeness (QED) is 0.559. The number of para-hydroxylation sites is 1. The van der Waals surface area contributed by atoms with Crippen molar-refractivity contribution in [3.05, 3.63) is 30.3 Å². The molecule has 0 aliphatic heterocycles. The van der Waals surface area contributed by atoms with Gasteiger partial charge in [0.2, 0.25) is 0 Å². The molecule has 20 heavy (non-hydrogen) atoms. The highest BCUT2D eigenvalue weighted by molar-refractivity contribution is 9.09. The van der Waals surface area contributed by atoms with Crippen LogP contribution in [-0.2, 0) is 4.65 Å². The van der Waals surface area contributed by atoms with E-state index in [9.17, 15) is 0 Å². The third kappa shape index (κ3) is 8.55. The Morgan fingerprint density at radius 3 is 1.85 bits per heavy atom. The Labute approximate surface area is 128 Å². The molecular formula is C13H22BBrO5. The minimum atomic E-state index is -1.22. The minimum absolute atomic E-state index is 0.237. The maximum Gasteiger partial charge on any atom is 0.710 e. The molecule has 0 aliphatic rings. The van der Waals surface area contributed by atoms with E-state index in [2.05, 4.69) is 15.9 Å². The summed E-state index contributed by atoms with van der Waals surface area (Å²) in [4.78, 5) is 0. The molecule has 0 radical (unpaired) electrons. The summed E-state index contributed by atoms with van der Waals surface area (Å²) in [6.45, 7) is 6.31. The van der Waals surface area contributed by atoms with Crippen LogP contribution in [0.2, 0.25) is 0 Å². The summed E-state index contributed by atoms with van der Waals surface area (Å²) in [5, 5.41) is 27.2. The molecule has 0 amide bonds. The number of benzene rings is 1. The summed E-state index contributed by atoms with van der Waals surface area (Å²) >= 11 is 3.00. The van der Waals surface area contributed by atoms with Gasteiger partial charge in [-0.3, -0.25) is 0 Å². The van der Waals surface area contributed by atoms with Crippen LogP contribution in [0.3, 0.4) is 0 Å². The van der Waals surface area contributed by atoms with Gasteiger partial charge < -0.3 is 24.5 Å². The molecule has 0 bridgehead atoms. The molecule has 114 valence electrons. The normalized spacial score (nSPS) is 11.4. The Balaban J connectivity index is 0.000000396. The molecule has 1 aromatic carbocycles. The number of halogens is 1. The summed E-state index contributed by atoms with van der Waals surface area (Å²) in [7, 11) is -1.22. The van der Waals surface area contributed by atoms with Crippen LogP contribution in [0.15, 0.2) is 30.3 Å². The zero-order valence-corrected chi connectivity index (χ0v) is 13.8. The molecule has 0 spiro atoms. The highest BCUT2D eigenvalue weighted by Crippen LogP contribution is 2.19. The van der Waals surface area contributed by atoms with Gasteiger partial charge in [0, 0.05) is 0 Å². The summed E-state index contributed by atoms with van der Waals surface area (Å²) in [5.41, 5.74) is -1.78. The predicted molar refractivity (Wildman–Crippen MR) is 82.5 cm³/mol. The van der Waals surface area contributed by atoms with Crippen LogP contribution in [0.4, 0.5) is 0 Å². The van der Waals surface area contributed by atoms with Crippen molar-refractivity contribution in [3.8, 4) is 5.75 Å². The smallest absolute Gasteiger partial charge is 0.512 e. The summed E-state index contributed by atoms with van der Waals surface area (Å²) in [5.74, 6) is 0.575. The zero-order chi connectivity index (χ0) is 15.8. The Kier molecular flexibility index (Phi) is 8.38. The van der Waals surface area contributed by atoms with Crippen LogP contribution in [0.1, 0.15) is 27.7 Å². The van der Waals surface area contributed by atoms with Crippen molar-refractivity contribution in [2.45, 2.75) is 38.9 Å². The van der Waals surface area contributed by atoms with Crippen LogP contribution < -0.4 is 4.65 Å². The highest BCUT2D eigenvalue weighted by atomic mass is 79.9. The second kappa shape index (κ2) is 8.64. The molecule has 7 heteroatoms. The van der Waals surface area contributed by atoms with Crippen molar-refractivity contribution in [1.29, 1.82) is 0 Å². The SMILES string of the molecule is CC(C)(O)C(C)(C)O.OB(OCBr)Oc1ccccc1. The van der Waals surface area contributed by atoms with Crippen molar-refractivity contribution in [2.24, 2.45) is 0 Å². The van der Waals surface area contributed by atoms with Crippen LogP contribution in [0, 0.1) is 0 Å². The fourth-order valence-corrected chi connectivity index (χ4v) is 0.930. The van der Waals surface area contributed by atoms with Crippen molar-refractivity contribution in [3.63, 3.8) is 0 Å². The van der Waals surface area contributed by atoms with Gasteiger partial charge in [0.05, 0.1) is 16.7 Å². The number of rotatable bonds is 5. The number of aliphatic hydroxyl groups is 2. The van der Waals surface area contributed by atoms with Gasteiger partial charge in [-0.05, 0) is 39.8 Å². The fraction of sp³-hybridized carbons (Fsp3) is 0.538. The summed E-state index contributed by atoms with van der Waals surface area (Å²) in [6.07, 6.45) is 0. The molecule has 0 fully saturated rings. The van der Waals surface area contributed by atoms with Gasteiger partial charge >= 0.3 is 7.32 Å². The molecule has 0 unspecified atom stereocenters. The van der Waals surface area contributed by atoms with E-state index in [-0.39, 0.29) is 5.52 Å². The first kappa shape index (κ1) is 19.4. The lowest BCUT2D eigenvalue weighted by Gasteiger charge is -2.31. The standard InChI is InChI=1S/C7H8BBrO3.C6H14O2/c9-6-11-8(10)12-7-4-2-1-3-5-7;1-5(2,7)6(3,4)8/h1-5,10H,6H2;7-8H,1-4H3. The number of alkyl halides is 1. The number of hydrogen-bond acceptors (Lipinski definition) is 5. The Bertz CT molecular complexity index is 349. The van der Waals surface area contributed by atoms with Crippen LogP contribution >= 0.6 is 15.9 Å². The van der Waals surface area contributed by atoms with Crippen molar-refractivity contribution in [2.75, 3.05) is 5.52 Å². The molecule has 0 heterocycles. The fourth-order valence-electron chi connectivity index (χ4n) is 0.703. The maximum absolute atomic E-state index is 9.10. The minimum Gasteiger partial charge on any atom is -0.512 e. The van der Waals surface area contributed by atoms with Gasteiger partial charge in [0.15, 0.2) is 0 Å². The highest BCUT2D eigenvalue weighted by Gasteiger charge is 2.31. The molecule has 0 saturated heterocycles. The van der Waals surface area contributed by atoms with Gasteiger partial charge in [0.1, 0.15) is 5.75 Å². The topological polar surface area (TPSA) is 79.2 Å². The van der Waals surface area contributed by atoms with Crippen molar-refractivity contribution >= 4 is 23.3 Å². The van der Waals surface area contributed by atoms with Crippen molar-refractivity contribution in [1.82, 2.24) is 0 Å². The van der Waals surface area contributed by atoms with E-state index < -0.39 is 18.5 Å². The average Bonchev–Trinajstić information content (AvgIpc) is 2.28. The van der Waals surface area contributed by atoms with E-state index in [0.717, 1.165) is 0 Å². The molecule has 1 aromatic rings. The third-order valence-electron chi connectivity index (χ3n) is 2.68. The second-order valence-corrected chi connectivity index (χ2v) is 5.59. The number of hydrogen-bond donors (Lipinski definition) is 3. The van der Waals surface area contributed by atoms with Gasteiger partial charge in [-0.2, -0.15) is 0 Å². The van der Waals surface area contributed by atoms with Crippen LogP contribution in [-0.4, -0.2) is 39.3 Å². The lowest BCUT2D eigenvalue weighted by Crippen LogP contribution is -2.44. The largest absolute Gasteiger partial charge is 0.710 e. The Morgan fingerprint density at radius 2 is 1.50 bits per heavy atom. The first-order valence-corrected chi connectivity index (χ1v) is 7.22. The first-order chi connectivity index (χ1) is 9.08. The summed E-state index contributed by atoms with van der Waals surface area (Å²) < 4.78 is 9.65. The summed E-state index contributed by atoms with van der Waals surface area (Å²) in [6, 6.07) is 8.97. The Morgan fingerprint density at radius 1 is 1.05 bits per heavy atom. The van der Waals surface area contributed by atoms with Gasteiger partial charge in [-0.1, -0.05) is 34.1 Å².